The van der Waals surface area contributed by atoms with Crippen LogP contribution in [-0.2, 0) is 0 Å². The maximum Gasteiger partial charge on any atom is 0.325 e. The van der Waals surface area contributed by atoms with Crippen molar-refractivity contribution in [1.82, 2.24) is 9.97 Å². The molecule has 6 heteroatoms. The van der Waals surface area contributed by atoms with Crippen molar-refractivity contribution < 1.29 is 11.0 Å². The van der Waals surface area contributed by atoms with E-state index in [0.29, 0.717) is 0 Å². The molecule has 0 unspecified atom stereocenters. The molecule has 58 valence electrons. The number of nitrogens with one attached hydrogen (secondary N) is 2. The molecule has 0 saturated carbocycles. The average Bonchev–Trinajstić information content (AvgIpc) is 1.64. The van der Waals surface area contributed by atoms with Gasteiger partial charge in [0.2, 0.25) is 0 Å². The Morgan fingerprint density at radius 3 is 2.10 bits per heavy atom. The van der Waals surface area contributed by atoms with Crippen molar-refractivity contribution in [3.05, 3.63) is 33.1 Å². The summed E-state index contributed by atoms with van der Waals surface area (Å²) in [5.74, 6) is 0. The van der Waals surface area contributed by atoms with E-state index in [2.05, 4.69) is 4.98 Å². The number of aromatic amines is 2. The maximum absolute atomic E-state index is 10.2. The lowest BCUT2D eigenvalue weighted by Gasteiger charge is -1.75. The summed E-state index contributed by atoms with van der Waals surface area (Å²) in [7, 11) is 0. The van der Waals surface area contributed by atoms with Crippen LogP contribution in [0.2, 0.25) is 0 Å². The van der Waals surface area contributed by atoms with Gasteiger partial charge in [0.15, 0.2) is 0 Å². The minimum absolute atomic E-state index is 0. The van der Waals surface area contributed by atoms with Crippen LogP contribution in [0.1, 0.15) is 0 Å². The van der Waals surface area contributed by atoms with Crippen LogP contribution in [-0.4, -0.2) is 20.9 Å². The van der Waals surface area contributed by atoms with Crippen molar-refractivity contribution in [2.75, 3.05) is 0 Å². The number of hydrogen-bond donors (Lipinski definition) is 2. The molecule has 1 aromatic rings. The van der Waals surface area contributed by atoms with Crippen molar-refractivity contribution in [1.29, 1.82) is 0 Å². The molecule has 0 amide bonds. The van der Waals surface area contributed by atoms with E-state index in [1.807, 2.05) is 4.98 Å². The molecule has 0 aromatic carbocycles. The molecular weight excluding hydrogens is 140 g/mol. The van der Waals surface area contributed by atoms with Gasteiger partial charge in [-0.05, 0) is 0 Å². The first-order chi connectivity index (χ1) is 3.79. The van der Waals surface area contributed by atoms with Crippen LogP contribution in [0.3, 0.4) is 0 Å². The second-order valence-electron chi connectivity index (χ2n) is 1.30. The van der Waals surface area contributed by atoms with E-state index in [0.717, 1.165) is 0 Å². The topological polar surface area (TPSA) is 129 Å². The van der Waals surface area contributed by atoms with E-state index in [9.17, 15) is 9.59 Å². The van der Waals surface area contributed by atoms with E-state index in [-0.39, 0.29) is 16.5 Å². The molecule has 1 heterocycles. The molecule has 6 N–H and O–H groups in total. The highest BCUT2D eigenvalue weighted by Gasteiger charge is 1.77. The van der Waals surface area contributed by atoms with Gasteiger partial charge in [0.25, 0.3) is 5.56 Å². The molecule has 0 saturated heterocycles. The summed E-state index contributed by atoms with van der Waals surface area (Å²) >= 11 is 0. The van der Waals surface area contributed by atoms with Crippen molar-refractivity contribution in [2.45, 2.75) is 0 Å². The van der Waals surface area contributed by atoms with Crippen molar-refractivity contribution in [3.8, 4) is 0 Å². The number of rotatable bonds is 0. The van der Waals surface area contributed by atoms with E-state index in [1.165, 1.54) is 12.3 Å². The normalized spacial score (nSPS) is 7.20. The highest BCUT2D eigenvalue weighted by Crippen LogP contribution is 1.51. The van der Waals surface area contributed by atoms with Gasteiger partial charge in [-0.1, -0.05) is 0 Å². The fourth-order valence-corrected chi connectivity index (χ4v) is 0.383. The number of aromatic nitrogens is 2. The smallest absolute Gasteiger partial charge is 0.325 e. The molecule has 1 aromatic heterocycles. The van der Waals surface area contributed by atoms with Crippen LogP contribution < -0.4 is 11.2 Å². The van der Waals surface area contributed by atoms with Crippen LogP contribution in [0, 0.1) is 0 Å². The Morgan fingerprint density at radius 1 is 1.20 bits per heavy atom. The first-order valence-electron chi connectivity index (χ1n) is 2.07. The van der Waals surface area contributed by atoms with Crippen LogP contribution in [0.25, 0.3) is 0 Å². The Bertz CT molecular complexity index is 250. The van der Waals surface area contributed by atoms with E-state index in [1.54, 1.807) is 0 Å². The van der Waals surface area contributed by atoms with Gasteiger partial charge in [0.05, 0.1) is 0 Å². The molecular formula is C4H8N2O4. The molecule has 0 aliphatic heterocycles. The predicted molar refractivity (Wildman–Crippen MR) is 34.9 cm³/mol. The molecule has 10 heavy (non-hydrogen) atoms. The quantitative estimate of drug-likeness (QED) is 0.418. The fraction of sp³-hybridized carbons (Fsp3) is 0. The summed E-state index contributed by atoms with van der Waals surface area (Å²) < 4.78 is 0. The summed E-state index contributed by atoms with van der Waals surface area (Å²) in [5, 5.41) is 0. The van der Waals surface area contributed by atoms with Crippen LogP contribution in [0.15, 0.2) is 21.9 Å². The van der Waals surface area contributed by atoms with Gasteiger partial charge in [-0.15, -0.1) is 0 Å². The zero-order chi connectivity index (χ0) is 5.98. The molecule has 1 rings (SSSR count). The summed E-state index contributed by atoms with van der Waals surface area (Å²) in [5.41, 5.74) is -0.855. The minimum atomic E-state index is -0.475. The van der Waals surface area contributed by atoms with Crippen molar-refractivity contribution in [2.24, 2.45) is 0 Å². The van der Waals surface area contributed by atoms with Gasteiger partial charge in [-0.3, -0.25) is 9.78 Å². The van der Waals surface area contributed by atoms with Gasteiger partial charge in [-0.2, -0.15) is 0 Å². The first kappa shape index (κ1) is 11.4. The molecule has 0 aliphatic carbocycles. The van der Waals surface area contributed by atoms with Gasteiger partial charge < -0.3 is 15.9 Å². The second kappa shape index (κ2) is 4.48. The van der Waals surface area contributed by atoms with Crippen molar-refractivity contribution in [3.63, 3.8) is 0 Å². The third-order valence-electron chi connectivity index (χ3n) is 0.686. The van der Waals surface area contributed by atoms with Crippen LogP contribution in [0.4, 0.5) is 0 Å². The van der Waals surface area contributed by atoms with Crippen LogP contribution >= 0.6 is 0 Å². The molecule has 0 fully saturated rings. The molecule has 0 radical (unpaired) electrons. The Kier molecular flexibility index (Phi) is 5.10. The Balaban J connectivity index is 0. The summed E-state index contributed by atoms with van der Waals surface area (Å²) in [4.78, 5) is 24.7. The lowest BCUT2D eigenvalue weighted by atomic mass is 10.7. The molecule has 0 aliphatic rings. The Labute approximate surface area is 55.2 Å². The van der Waals surface area contributed by atoms with Gasteiger partial charge in [-0.25, -0.2) is 4.79 Å². The molecule has 6 nitrogen and oxygen atoms in total. The lowest BCUT2D eigenvalue weighted by Crippen LogP contribution is -2.19. The highest BCUT2D eigenvalue weighted by atomic mass is 16.2. The average molecular weight is 148 g/mol. The fourth-order valence-electron chi connectivity index (χ4n) is 0.383. The van der Waals surface area contributed by atoms with E-state index in [4.69, 9.17) is 0 Å². The molecule has 0 spiro atoms. The molecule has 0 bridgehead atoms. The summed E-state index contributed by atoms with van der Waals surface area (Å²) in [6, 6.07) is 1.24. The minimum Gasteiger partial charge on any atom is -0.412 e. The first-order valence-corrected chi connectivity index (χ1v) is 2.07. The second-order valence-corrected chi connectivity index (χ2v) is 1.30. The monoisotopic (exact) mass is 148 g/mol. The zero-order valence-corrected chi connectivity index (χ0v) is 4.97. The van der Waals surface area contributed by atoms with Gasteiger partial charge in [0, 0.05) is 12.3 Å². The third-order valence-corrected chi connectivity index (χ3v) is 0.686. The Hall–Kier alpha value is -1.40. The highest BCUT2D eigenvalue weighted by molar-refractivity contribution is 4.77. The molecule has 0 atom stereocenters. The SMILES string of the molecule is O.O.O=c1cc[nH]c(=O)[nH]1. The summed E-state index contributed by atoms with van der Waals surface area (Å²) in [6.07, 6.45) is 1.29. The third kappa shape index (κ3) is 2.80. The Morgan fingerprint density at radius 2 is 1.80 bits per heavy atom. The predicted octanol–water partition coefficient (Wildman–Crippen LogP) is -2.59. The number of hydrogen-bond acceptors (Lipinski definition) is 2. The largest absolute Gasteiger partial charge is 0.412 e. The maximum atomic E-state index is 10.2. The lowest BCUT2D eigenvalue weighted by molar-refractivity contribution is 0.823. The number of H-pyrrole nitrogens is 2. The zero-order valence-electron chi connectivity index (χ0n) is 4.97. The van der Waals surface area contributed by atoms with Crippen molar-refractivity contribution >= 4 is 0 Å². The van der Waals surface area contributed by atoms with Gasteiger partial charge >= 0.3 is 5.69 Å². The van der Waals surface area contributed by atoms with E-state index < -0.39 is 5.69 Å². The summed E-state index contributed by atoms with van der Waals surface area (Å²) in [6.45, 7) is 0. The van der Waals surface area contributed by atoms with Crippen LogP contribution in [0.5, 0.6) is 0 Å². The van der Waals surface area contributed by atoms with Gasteiger partial charge in [0.1, 0.15) is 0 Å². The standard InChI is InChI=1S/C4H4N2O2.2H2O/c7-3-1-2-5-4(8)6-3;;/h1-2H,(H2,5,6,7,8);2*1H2. The van der Waals surface area contributed by atoms with E-state index >= 15 is 0 Å².